The van der Waals surface area contributed by atoms with E-state index < -0.39 is 240 Å². The highest BCUT2D eigenvalue weighted by atomic mass is 32.2. The van der Waals surface area contributed by atoms with E-state index in [1.54, 1.807) is 73.6 Å². The summed E-state index contributed by atoms with van der Waals surface area (Å²) < 4.78 is 52.5. The second-order valence-corrected chi connectivity index (χ2v) is 31.0. The number of aliphatic hydroxyl groups excluding tert-OH is 6. The Bertz CT molecular complexity index is 3570. The van der Waals surface area contributed by atoms with Crippen molar-refractivity contribution in [2.24, 2.45) is 29.4 Å². The summed E-state index contributed by atoms with van der Waals surface area (Å²) >= 11 is 0. The molecular formula is C70H113N13O24S. The highest BCUT2D eigenvalue weighted by molar-refractivity contribution is 7.89. The molecule has 3 aliphatic rings. The fourth-order valence-corrected chi connectivity index (χ4v) is 13.8. The number of fused-ring (bicyclic) bond motifs is 1. The van der Waals surface area contributed by atoms with Crippen molar-refractivity contribution in [1.82, 2.24) is 57.5 Å². The fraction of sp³-hybridized carbons (Fsp3) is 0.700. The third-order valence-electron chi connectivity index (χ3n) is 19.0. The molecule has 38 heteroatoms. The molecule has 0 bridgehead atoms. The van der Waals surface area contributed by atoms with Gasteiger partial charge in [-0.15, -0.1) is 0 Å². The molecule has 2 aromatic carbocycles. The average molecular weight is 1550 g/mol. The molecule has 3 aliphatic heterocycles. The van der Waals surface area contributed by atoms with Crippen molar-refractivity contribution in [1.29, 1.82) is 0 Å². The lowest BCUT2D eigenvalue weighted by Gasteiger charge is -2.48. The van der Waals surface area contributed by atoms with Gasteiger partial charge in [-0.05, 0) is 95.6 Å². The van der Waals surface area contributed by atoms with Crippen LogP contribution in [-0.4, -0.2) is 282 Å². The molecule has 10 amide bonds. The zero-order chi connectivity index (χ0) is 81.3. The van der Waals surface area contributed by atoms with Crippen molar-refractivity contribution < 1.29 is 116 Å². The quantitative estimate of drug-likeness (QED) is 0.0282. The molecule has 108 heavy (non-hydrogen) atoms. The third kappa shape index (κ3) is 23.8. The average Bonchev–Trinajstić information content (AvgIpc) is 0.869. The van der Waals surface area contributed by atoms with E-state index in [1.807, 2.05) is 31.1 Å². The second-order valence-electron chi connectivity index (χ2n) is 29.2. The smallest absolute Gasteiger partial charge is 0.326 e. The Balaban J connectivity index is 1.12. The lowest BCUT2D eigenvalue weighted by atomic mass is 9.95. The van der Waals surface area contributed by atoms with Crippen LogP contribution in [0.15, 0.2) is 41.3 Å². The molecule has 10 unspecified atom stereocenters. The summed E-state index contributed by atoms with van der Waals surface area (Å²) in [7, 11) is -0.277. The van der Waals surface area contributed by atoms with Crippen molar-refractivity contribution >= 4 is 91.5 Å². The summed E-state index contributed by atoms with van der Waals surface area (Å²) in [4.78, 5) is 153. The molecule has 0 radical (unpaired) electrons. The summed E-state index contributed by atoms with van der Waals surface area (Å²) in [5.41, 5.74) is 7.25. The van der Waals surface area contributed by atoms with Crippen molar-refractivity contribution in [3.05, 3.63) is 36.4 Å². The third-order valence-corrected chi connectivity index (χ3v) is 20.6. The number of nitrogens with one attached hydrogen (secondary N) is 10. The first-order chi connectivity index (χ1) is 50.5. The molecule has 0 saturated carbocycles. The van der Waals surface area contributed by atoms with Gasteiger partial charge in [0.2, 0.25) is 69.1 Å². The summed E-state index contributed by atoms with van der Waals surface area (Å²) in [5, 5.41) is 96.9. The molecule has 3 fully saturated rings. The van der Waals surface area contributed by atoms with Gasteiger partial charge in [0.05, 0.1) is 24.2 Å². The zero-order valence-corrected chi connectivity index (χ0v) is 64.5. The van der Waals surface area contributed by atoms with E-state index in [4.69, 9.17) is 24.7 Å². The summed E-state index contributed by atoms with van der Waals surface area (Å²) in [5.74, 6) is -11.8. The van der Waals surface area contributed by atoms with Crippen LogP contribution in [0.5, 0.6) is 0 Å². The maximum Gasteiger partial charge on any atom is 0.326 e. The molecule has 608 valence electrons. The van der Waals surface area contributed by atoms with E-state index in [2.05, 4.69) is 52.6 Å². The van der Waals surface area contributed by atoms with Gasteiger partial charge in [-0.25, -0.2) is 17.9 Å². The van der Waals surface area contributed by atoms with Gasteiger partial charge in [0.15, 0.2) is 12.6 Å². The first-order valence-corrected chi connectivity index (χ1v) is 37.7. The van der Waals surface area contributed by atoms with Gasteiger partial charge in [0.25, 0.3) is 0 Å². The molecule has 0 aromatic heterocycles. The van der Waals surface area contributed by atoms with Crippen LogP contribution < -0.4 is 63.2 Å². The van der Waals surface area contributed by atoms with Gasteiger partial charge >= 0.3 is 5.97 Å². The molecule has 0 aliphatic carbocycles. The van der Waals surface area contributed by atoms with Gasteiger partial charge in [0.1, 0.15) is 109 Å². The number of aliphatic hydroxyl groups is 6. The van der Waals surface area contributed by atoms with Crippen LogP contribution in [-0.2, 0) is 81.7 Å². The number of nitrogens with zero attached hydrogens (tertiary/aromatic N) is 2. The lowest BCUT2D eigenvalue weighted by molar-refractivity contribution is -0.347. The van der Waals surface area contributed by atoms with Gasteiger partial charge in [-0.3, -0.25) is 47.9 Å². The van der Waals surface area contributed by atoms with Crippen LogP contribution in [0.3, 0.4) is 0 Å². The number of benzene rings is 2. The van der Waals surface area contributed by atoms with E-state index in [-0.39, 0.29) is 43.7 Å². The van der Waals surface area contributed by atoms with Gasteiger partial charge in [-0.1, -0.05) is 79.7 Å². The molecule has 5 rings (SSSR count). The molecule has 0 spiro atoms. The Kier molecular flexibility index (Phi) is 34.2. The number of carboxylic acids is 1. The number of anilines is 1. The number of likely N-dealkylation sites (tertiary alicyclic amines) is 1. The normalized spacial score (nSPS) is 24.5. The minimum absolute atomic E-state index is 0.0279. The van der Waals surface area contributed by atoms with Crippen molar-refractivity contribution in [2.75, 3.05) is 45.3 Å². The highest BCUT2D eigenvalue weighted by Crippen LogP contribution is 2.33. The van der Waals surface area contributed by atoms with Crippen LogP contribution in [0.2, 0.25) is 0 Å². The molecule has 2 aromatic rings. The Morgan fingerprint density at radius 3 is 1.61 bits per heavy atom. The van der Waals surface area contributed by atoms with E-state index in [9.17, 15) is 96.9 Å². The summed E-state index contributed by atoms with van der Waals surface area (Å²) in [6.45, 7) is 17.7. The number of nitrogens with two attached hydrogens (primary N) is 1. The zero-order valence-electron chi connectivity index (χ0n) is 63.7. The molecule has 3 heterocycles. The number of hydrogen-bond donors (Lipinski definition) is 18. The van der Waals surface area contributed by atoms with Crippen LogP contribution in [0.4, 0.5) is 5.69 Å². The standard InChI is InChI=1S/C70H113N13O24S/c1-31(2)49(64(96)75-36(10)60(92)77-42(68(100)101)23-16-17-27-72-108(102,103)47-26-19-21-40-41(47)22-18-24-43(40)82(14)15)79-66(98)51(33(5)6)80-65(97)50(32(3)4)78-61(93)37(11)73-59(91)35(9)74-62(94)44-25-20-28-83(44)67(99)52(34(7)8)81-63(95)48(71)38(12)104-69-53(76-39(13)86)58(55(88)46(30-85)105-69)107-70-57(90)56(89)54(87)45(29-84)106-70/h18-19,21-22,24,26,31-38,42,44-46,48-58,69-70,72,84-85,87-90H,16-17,20,23,25,27-30,71H2,1-15H3,(H,73,91)(H,74,94)(H,75,96)(H,76,86)(H,77,92)(H,78,93)(H,79,98)(H,80,97)(H,81,95)(H,100,101)/t35?,36-,37-,38?,42?,44-,45?,46?,48-,49?,50?,51-,52?,53?,54-,55-,56?,57-,58+,69-,70-/m0/s1. The molecule has 21 atom stereocenters. The largest absolute Gasteiger partial charge is 0.480 e. The van der Waals surface area contributed by atoms with E-state index in [1.165, 1.54) is 38.7 Å². The van der Waals surface area contributed by atoms with Gasteiger partial charge in [0, 0.05) is 50.6 Å². The topological polar surface area (TPSA) is 553 Å². The number of carbonyl (C=O) groups excluding carboxylic acids is 10. The van der Waals surface area contributed by atoms with Crippen molar-refractivity contribution in [2.45, 2.75) is 255 Å². The summed E-state index contributed by atoms with van der Waals surface area (Å²) in [6, 6.07) is -4.46. The first-order valence-electron chi connectivity index (χ1n) is 36.2. The predicted molar refractivity (Wildman–Crippen MR) is 388 cm³/mol. The number of hydrogen-bond acceptors (Lipinski definition) is 25. The van der Waals surface area contributed by atoms with E-state index in [0.717, 1.165) is 18.0 Å². The number of aliphatic carboxylic acids is 1. The predicted octanol–water partition coefficient (Wildman–Crippen LogP) is -4.51. The number of sulfonamides is 1. The van der Waals surface area contributed by atoms with Crippen LogP contribution in [0.25, 0.3) is 10.8 Å². The monoisotopic (exact) mass is 1550 g/mol. The Morgan fingerprint density at radius 2 is 1.07 bits per heavy atom. The van der Waals surface area contributed by atoms with E-state index in [0.29, 0.717) is 11.8 Å². The van der Waals surface area contributed by atoms with E-state index >= 15 is 0 Å². The van der Waals surface area contributed by atoms with Gasteiger partial charge in [-0.2, -0.15) is 0 Å². The SMILES string of the molecule is CC(=O)NC1[C@@H](OC(C)[C@H](N)C(=O)NC(C(=O)N2CCC[C@H]2C(=O)NC(C)C(=O)N[C@@H](C)C(=O)NC(C(=O)N[C@H](C(=O)NC(C(=O)N[C@@H](C)C(=O)NC(CCCCNS(=O)(=O)c2cccc3c(N(C)C)cccc23)C(=O)O)C(C)C)C(C)C)C(C)C)C(C)C)OC(CO)[C@H](O)[C@@H]1O[C@@H]1OC(CO)[C@H](O)C(O)[C@@H]1O. The van der Waals surface area contributed by atoms with Crippen LogP contribution in [0.1, 0.15) is 122 Å². The Hall–Kier alpha value is -7.86. The second kappa shape index (κ2) is 40.7. The Morgan fingerprint density at radius 1 is 0.593 bits per heavy atom. The molecule has 3 saturated heterocycles. The molecule has 19 N–H and O–H groups in total. The van der Waals surface area contributed by atoms with Gasteiger partial charge < -0.3 is 118 Å². The lowest BCUT2D eigenvalue weighted by Crippen LogP contribution is -2.68. The van der Waals surface area contributed by atoms with Crippen molar-refractivity contribution in [3.8, 4) is 0 Å². The maximum absolute atomic E-state index is 14.4. The number of rotatable bonds is 38. The molecule has 37 nitrogen and oxygen atoms in total. The van der Waals surface area contributed by atoms with Crippen LogP contribution >= 0.6 is 0 Å². The minimum atomic E-state index is -3.97. The fourth-order valence-electron chi connectivity index (χ4n) is 12.5. The van der Waals surface area contributed by atoms with Crippen LogP contribution in [0, 0.1) is 23.7 Å². The summed E-state index contributed by atoms with van der Waals surface area (Å²) in [6.07, 6.45) is -16.0. The van der Waals surface area contributed by atoms with Crippen molar-refractivity contribution in [3.63, 3.8) is 0 Å². The Labute approximate surface area is 628 Å². The molecular weight excluding hydrogens is 1440 g/mol. The number of amides is 10. The number of carboxylic acid groups (broad SMARTS) is 1. The minimum Gasteiger partial charge on any atom is -0.480 e. The number of unbranched alkanes of at least 4 members (excludes halogenated alkanes) is 1. The highest BCUT2D eigenvalue weighted by Gasteiger charge is 2.53. The first kappa shape index (κ1) is 90.8. The number of carbonyl (C=O) groups is 11. The number of ether oxygens (including phenoxy) is 4. The maximum atomic E-state index is 14.4.